The molecule has 0 saturated heterocycles. The number of ether oxygens (including phenoxy) is 1. The van der Waals surface area contributed by atoms with Crippen LogP contribution >= 0.6 is 0 Å². The van der Waals surface area contributed by atoms with E-state index in [9.17, 15) is 9.59 Å². The van der Waals surface area contributed by atoms with Crippen molar-refractivity contribution in [3.05, 3.63) is 29.8 Å². The number of carboxylic acid groups (broad SMARTS) is 1. The maximum absolute atomic E-state index is 11.3. The third-order valence-corrected chi connectivity index (χ3v) is 2.36. The highest BCUT2D eigenvalue weighted by Gasteiger charge is 2.05. The van der Waals surface area contributed by atoms with Gasteiger partial charge in [-0.1, -0.05) is 19.1 Å². The summed E-state index contributed by atoms with van der Waals surface area (Å²) >= 11 is 0. The number of hydrogen-bond donors (Lipinski definition) is 2. The first-order chi connectivity index (χ1) is 9.02. The van der Waals surface area contributed by atoms with Crippen LogP contribution in [0.15, 0.2) is 29.4 Å². The number of aryl methyl sites for hydroxylation is 1. The summed E-state index contributed by atoms with van der Waals surface area (Å²) in [6, 6.07) is 7.38. The van der Waals surface area contributed by atoms with Crippen LogP contribution in [-0.4, -0.2) is 29.3 Å². The van der Waals surface area contributed by atoms with Crippen molar-refractivity contribution in [3.63, 3.8) is 0 Å². The molecule has 0 heterocycles. The Hall–Kier alpha value is -2.37. The van der Waals surface area contributed by atoms with Crippen LogP contribution in [0, 0.1) is 0 Å². The summed E-state index contributed by atoms with van der Waals surface area (Å²) in [5.74, 6) is -1.12. The smallest absolute Gasteiger partial charge is 0.351 e. The van der Waals surface area contributed by atoms with Gasteiger partial charge < -0.3 is 9.84 Å². The number of hydrazone groups is 1. The molecule has 0 atom stereocenters. The minimum atomic E-state index is -1.18. The van der Waals surface area contributed by atoms with Crippen molar-refractivity contribution < 1.29 is 19.4 Å². The zero-order valence-electron chi connectivity index (χ0n) is 10.8. The zero-order valence-corrected chi connectivity index (χ0v) is 10.8. The van der Waals surface area contributed by atoms with E-state index in [1.54, 1.807) is 12.1 Å². The quantitative estimate of drug-likeness (QED) is 0.597. The van der Waals surface area contributed by atoms with E-state index in [4.69, 9.17) is 9.84 Å². The molecule has 1 aromatic rings. The molecule has 0 unspecified atom stereocenters. The number of hydrogen-bond acceptors (Lipinski definition) is 4. The predicted octanol–water partition coefficient (Wildman–Crippen LogP) is 1.20. The minimum Gasteiger partial charge on any atom is -0.484 e. The van der Waals surface area contributed by atoms with Gasteiger partial charge >= 0.3 is 5.97 Å². The van der Waals surface area contributed by atoms with Gasteiger partial charge in [0.15, 0.2) is 6.61 Å². The number of carbonyl (C=O) groups is 2. The molecule has 0 aliphatic carbocycles. The van der Waals surface area contributed by atoms with Crippen LogP contribution < -0.4 is 10.2 Å². The standard InChI is InChI=1S/C13H16N2O4/c1-3-10-4-6-11(7-5-10)19-8-12(16)15-14-9(2)13(17)18/h4-7H,3,8H2,1-2H3,(H,15,16)(H,17,18). The second kappa shape index (κ2) is 7.15. The number of nitrogens with zero attached hydrogens (tertiary/aromatic N) is 1. The first kappa shape index (κ1) is 14.7. The molecule has 1 amide bonds. The fourth-order valence-corrected chi connectivity index (χ4v) is 1.20. The fraction of sp³-hybridized carbons (Fsp3) is 0.308. The molecular formula is C13H16N2O4. The molecule has 1 aromatic carbocycles. The van der Waals surface area contributed by atoms with Crippen LogP contribution in [0.5, 0.6) is 5.75 Å². The molecule has 2 N–H and O–H groups in total. The molecule has 0 aromatic heterocycles. The number of carboxylic acids is 1. The van der Waals surface area contributed by atoms with E-state index < -0.39 is 11.9 Å². The summed E-state index contributed by atoms with van der Waals surface area (Å²) in [4.78, 5) is 21.8. The summed E-state index contributed by atoms with van der Waals surface area (Å²) in [6.45, 7) is 3.11. The maximum atomic E-state index is 11.3. The van der Waals surface area contributed by atoms with Gasteiger partial charge in [0.1, 0.15) is 11.5 Å². The maximum Gasteiger partial charge on any atom is 0.351 e. The van der Waals surface area contributed by atoms with Crippen LogP contribution in [0.1, 0.15) is 19.4 Å². The first-order valence-corrected chi connectivity index (χ1v) is 5.81. The molecule has 0 fully saturated rings. The number of amides is 1. The van der Waals surface area contributed by atoms with Crippen molar-refractivity contribution in [1.82, 2.24) is 5.43 Å². The number of aliphatic carboxylic acids is 1. The summed E-state index contributed by atoms with van der Waals surface area (Å²) in [5.41, 5.74) is 3.09. The Kier molecular flexibility index (Phi) is 5.53. The van der Waals surface area contributed by atoms with Crippen LogP contribution in [0.25, 0.3) is 0 Å². The highest BCUT2D eigenvalue weighted by atomic mass is 16.5. The number of nitrogens with one attached hydrogen (secondary N) is 1. The van der Waals surface area contributed by atoms with E-state index >= 15 is 0 Å². The van der Waals surface area contributed by atoms with Gasteiger partial charge in [0.05, 0.1) is 0 Å². The normalized spacial score (nSPS) is 10.9. The van der Waals surface area contributed by atoms with Crippen LogP contribution in [-0.2, 0) is 16.0 Å². The molecule has 0 aliphatic heterocycles. The van der Waals surface area contributed by atoms with Gasteiger partial charge in [0.25, 0.3) is 5.91 Å². The number of benzene rings is 1. The SMILES string of the molecule is CCc1ccc(OCC(=O)NN=C(C)C(=O)O)cc1. The van der Waals surface area contributed by atoms with E-state index in [1.165, 1.54) is 12.5 Å². The Bertz CT molecular complexity index is 480. The molecule has 0 radical (unpaired) electrons. The number of carbonyl (C=O) groups excluding carboxylic acids is 1. The highest BCUT2D eigenvalue weighted by Crippen LogP contribution is 2.12. The van der Waals surface area contributed by atoms with E-state index in [0.717, 1.165) is 6.42 Å². The molecule has 6 heteroatoms. The van der Waals surface area contributed by atoms with Crippen molar-refractivity contribution in [2.45, 2.75) is 20.3 Å². The molecule has 1 rings (SSSR count). The lowest BCUT2D eigenvalue weighted by Gasteiger charge is -2.05. The summed E-state index contributed by atoms with van der Waals surface area (Å²) in [7, 11) is 0. The van der Waals surface area contributed by atoms with E-state index in [1.807, 2.05) is 19.1 Å². The molecule has 0 saturated carbocycles. The van der Waals surface area contributed by atoms with Gasteiger partial charge in [-0.25, -0.2) is 10.2 Å². The Labute approximate surface area is 111 Å². The monoisotopic (exact) mass is 264 g/mol. The van der Waals surface area contributed by atoms with Gasteiger partial charge in [-0.05, 0) is 31.0 Å². The molecule has 0 spiro atoms. The molecular weight excluding hydrogens is 248 g/mol. The highest BCUT2D eigenvalue weighted by molar-refractivity contribution is 6.34. The third-order valence-electron chi connectivity index (χ3n) is 2.36. The van der Waals surface area contributed by atoms with Crippen molar-refractivity contribution in [3.8, 4) is 5.75 Å². The number of rotatable bonds is 6. The average molecular weight is 264 g/mol. The average Bonchev–Trinajstić information content (AvgIpc) is 2.42. The van der Waals surface area contributed by atoms with Crippen LogP contribution in [0.2, 0.25) is 0 Å². The van der Waals surface area contributed by atoms with Gasteiger partial charge in [0, 0.05) is 0 Å². The predicted molar refractivity (Wildman–Crippen MR) is 70.2 cm³/mol. The second-order valence-corrected chi connectivity index (χ2v) is 3.82. The van der Waals surface area contributed by atoms with E-state index in [2.05, 4.69) is 10.5 Å². The Morgan fingerprint density at radius 1 is 1.32 bits per heavy atom. The largest absolute Gasteiger partial charge is 0.484 e. The van der Waals surface area contributed by atoms with E-state index in [-0.39, 0.29) is 12.3 Å². The van der Waals surface area contributed by atoms with Crippen molar-refractivity contribution in [1.29, 1.82) is 0 Å². The lowest BCUT2D eigenvalue weighted by molar-refractivity contribution is -0.129. The Morgan fingerprint density at radius 3 is 2.47 bits per heavy atom. The van der Waals surface area contributed by atoms with Gasteiger partial charge in [-0.15, -0.1) is 0 Å². The second-order valence-electron chi connectivity index (χ2n) is 3.82. The van der Waals surface area contributed by atoms with Crippen molar-refractivity contribution in [2.24, 2.45) is 5.10 Å². The lowest BCUT2D eigenvalue weighted by atomic mass is 10.2. The molecule has 102 valence electrons. The minimum absolute atomic E-state index is 0.194. The molecule has 6 nitrogen and oxygen atoms in total. The zero-order chi connectivity index (χ0) is 14.3. The summed E-state index contributed by atoms with van der Waals surface area (Å²) in [6.07, 6.45) is 0.934. The van der Waals surface area contributed by atoms with Gasteiger partial charge in [0.2, 0.25) is 0 Å². The molecule has 0 aliphatic rings. The topological polar surface area (TPSA) is 88.0 Å². The van der Waals surface area contributed by atoms with Crippen molar-refractivity contribution >= 4 is 17.6 Å². The fourth-order valence-electron chi connectivity index (χ4n) is 1.20. The summed E-state index contributed by atoms with van der Waals surface area (Å²) in [5, 5.41) is 11.9. The third kappa shape index (κ3) is 5.20. The lowest BCUT2D eigenvalue weighted by Crippen LogP contribution is -2.26. The first-order valence-electron chi connectivity index (χ1n) is 5.81. The van der Waals surface area contributed by atoms with Crippen LogP contribution in [0.4, 0.5) is 0 Å². The Morgan fingerprint density at radius 2 is 1.95 bits per heavy atom. The summed E-state index contributed by atoms with van der Waals surface area (Å²) < 4.78 is 5.23. The molecule has 0 bridgehead atoms. The molecule has 19 heavy (non-hydrogen) atoms. The van der Waals surface area contributed by atoms with Gasteiger partial charge in [-0.2, -0.15) is 5.10 Å². The van der Waals surface area contributed by atoms with Crippen LogP contribution in [0.3, 0.4) is 0 Å². The Balaban J connectivity index is 2.41. The van der Waals surface area contributed by atoms with E-state index in [0.29, 0.717) is 5.75 Å². The van der Waals surface area contributed by atoms with Crippen molar-refractivity contribution in [2.75, 3.05) is 6.61 Å². The van der Waals surface area contributed by atoms with Gasteiger partial charge in [-0.3, -0.25) is 4.79 Å².